The summed E-state index contributed by atoms with van der Waals surface area (Å²) >= 11 is 3.60. The van der Waals surface area contributed by atoms with Crippen LogP contribution in [0.15, 0.2) is 39.4 Å². The van der Waals surface area contributed by atoms with E-state index in [0.717, 1.165) is 27.3 Å². The number of halogens is 1. The lowest BCUT2D eigenvalue weighted by Gasteiger charge is -2.22. The molecule has 4 nitrogen and oxygen atoms in total. The third-order valence-electron chi connectivity index (χ3n) is 3.29. The molecule has 0 saturated heterocycles. The van der Waals surface area contributed by atoms with Gasteiger partial charge < -0.3 is 19.2 Å². The van der Waals surface area contributed by atoms with Gasteiger partial charge in [0, 0.05) is 10.5 Å². The third kappa shape index (κ3) is 2.83. The first-order valence-electron chi connectivity index (χ1n) is 6.59. The number of fused-ring (bicyclic) bond motifs is 1. The zero-order chi connectivity index (χ0) is 13.9. The van der Waals surface area contributed by atoms with Crippen molar-refractivity contribution in [3.05, 3.63) is 46.3 Å². The average molecular weight is 338 g/mol. The molecule has 0 fully saturated rings. The van der Waals surface area contributed by atoms with Gasteiger partial charge in [-0.1, -0.05) is 15.9 Å². The second-order valence-corrected chi connectivity index (χ2v) is 5.55. The molecule has 1 aliphatic rings. The van der Waals surface area contributed by atoms with Crippen molar-refractivity contribution in [1.29, 1.82) is 0 Å². The smallest absolute Gasteiger partial charge is 0.162 e. The Morgan fingerprint density at radius 3 is 2.70 bits per heavy atom. The Kier molecular flexibility index (Phi) is 3.98. The number of benzene rings is 1. The maximum absolute atomic E-state index is 5.63. The van der Waals surface area contributed by atoms with Crippen molar-refractivity contribution in [2.75, 3.05) is 13.2 Å². The maximum Gasteiger partial charge on any atom is 0.162 e. The van der Waals surface area contributed by atoms with E-state index in [9.17, 15) is 0 Å². The van der Waals surface area contributed by atoms with Gasteiger partial charge in [0.15, 0.2) is 11.5 Å². The number of hydrogen-bond acceptors (Lipinski definition) is 4. The minimum absolute atomic E-state index is 0.172. The molecular weight excluding hydrogens is 322 g/mol. The van der Waals surface area contributed by atoms with E-state index in [0.29, 0.717) is 19.8 Å². The van der Waals surface area contributed by atoms with Crippen LogP contribution in [0.3, 0.4) is 0 Å². The summed E-state index contributed by atoms with van der Waals surface area (Å²) in [6, 6.07) is 8.01. The Morgan fingerprint density at radius 1 is 1.25 bits per heavy atom. The molecule has 1 aromatic carbocycles. The molecule has 2 aromatic rings. The van der Waals surface area contributed by atoms with Crippen LogP contribution in [0.5, 0.6) is 11.5 Å². The zero-order valence-corrected chi connectivity index (χ0v) is 12.8. The summed E-state index contributed by atoms with van der Waals surface area (Å²) in [7, 11) is 0. The molecule has 1 unspecified atom stereocenters. The van der Waals surface area contributed by atoms with E-state index in [1.165, 1.54) is 0 Å². The molecule has 1 atom stereocenters. The maximum atomic E-state index is 5.63. The largest absolute Gasteiger partial charge is 0.486 e. The highest BCUT2D eigenvalue weighted by Crippen LogP contribution is 2.37. The molecule has 0 radical (unpaired) electrons. The Balaban J connectivity index is 1.75. The average Bonchev–Trinajstić information content (AvgIpc) is 2.97. The summed E-state index contributed by atoms with van der Waals surface area (Å²) in [6.07, 6.45) is 1.68. The van der Waals surface area contributed by atoms with E-state index in [1.807, 2.05) is 24.3 Å². The van der Waals surface area contributed by atoms with Crippen LogP contribution in [0.4, 0.5) is 0 Å². The number of furan rings is 1. The SMILES string of the molecule is CC(NCc1ccco1)c1cc2c(cc1Br)OCCO2. The summed E-state index contributed by atoms with van der Waals surface area (Å²) in [5.41, 5.74) is 1.14. The first kappa shape index (κ1) is 13.5. The Labute approximate surface area is 126 Å². The first-order chi connectivity index (χ1) is 9.74. The van der Waals surface area contributed by atoms with Gasteiger partial charge in [-0.2, -0.15) is 0 Å². The van der Waals surface area contributed by atoms with Crippen LogP contribution in [0.1, 0.15) is 24.3 Å². The molecule has 20 heavy (non-hydrogen) atoms. The lowest BCUT2D eigenvalue weighted by molar-refractivity contribution is 0.171. The molecule has 0 saturated carbocycles. The fourth-order valence-electron chi connectivity index (χ4n) is 2.19. The fraction of sp³-hybridized carbons (Fsp3) is 0.333. The van der Waals surface area contributed by atoms with Gasteiger partial charge in [-0.05, 0) is 36.8 Å². The quantitative estimate of drug-likeness (QED) is 0.924. The number of nitrogens with one attached hydrogen (secondary N) is 1. The minimum atomic E-state index is 0.172. The summed E-state index contributed by atoms with van der Waals surface area (Å²) in [4.78, 5) is 0. The van der Waals surface area contributed by atoms with E-state index in [2.05, 4.69) is 28.2 Å². The van der Waals surface area contributed by atoms with Crippen LogP contribution in [0.2, 0.25) is 0 Å². The zero-order valence-electron chi connectivity index (χ0n) is 11.2. The highest BCUT2D eigenvalue weighted by atomic mass is 79.9. The van der Waals surface area contributed by atoms with Gasteiger partial charge in [0.25, 0.3) is 0 Å². The molecule has 0 bridgehead atoms. The van der Waals surface area contributed by atoms with Crippen molar-refractivity contribution in [2.24, 2.45) is 0 Å². The summed E-state index contributed by atoms with van der Waals surface area (Å²) in [5.74, 6) is 2.52. The molecule has 2 heterocycles. The molecule has 3 rings (SSSR count). The standard InChI is InChI=1S/C15H16BrNO3/c1-10(17-9-11-3-2-4-18-11)12-7-14-15(8-13(12)16)20-6-5-19-14/h2-4,7-8,10,17H,5-6,9H2,1H3. The Bertz CT molecular complexity index is 583. The Morgan fingerprint density at radius 2 is 2.00 bits per heavy atom. The second-order valence-electron chi connectivity index (χ2n) is 4.70. The second kappa shape index (κ2) is 5.89. The van der Waals surface area contributed by atoms with Crippen LogP contribution >= 0.6 is 15.9 Å². The fourth-order valence-corrected chi connectivity index (χ4v) is 2.85. The van der Waals surface area contributed by atoms with Gasteiger partial charge in [0.05, 0.1) is 12.8 Å². The lowest BCUT2D eigenvalue weighted by Crippen LogP contribution is -2.20. The van der Waals surface area contributed by atoms with Crippen molar-refractivity contribution in [1.82, 2.24) is 5.32 Å². The van der Waals surface area contributed by atoms with Crippen molar-refractivity contribution >= 4 is 15.9 Å². The van der Waals surface area contributed by atoms with Crippen molar-refractivity contribution in [2.45, 2.75) is 19.5 Å². The van der Waals surface area contributed by atoms with Crippen LogP contribution in [0, 0.1) is 0 Å². The topological polar surface area (TPSA) is 43.6 Å². The van der Waals surface area contributed by atoms with E-state index in [4.69, 9.17) is 13.9 Å². The van der Waals surface area contributed by atoms with Gasteiger partial charge in [0.2, 0.25) is 0 Å². The molecule has 0 aliphatic carbocycles. The lowest BCUT2D eigenvalue weighted by atomic mass is 10.1. The molecule has 1 N–H and O–H groups in total. The van der Waals surface area contributed by atoms with E-state index < -0.39 is 0 Å². The number of ether oxygens (including phenoxy) is 2. The highest BCUT2D eigenvalue weighted by molar-refractivity contribution is 9.10. The molecule has 0 spiro atoms. The van der Waals surface area contributed by atoms with Gasteiger partial charge in [0.1, 0.15) is 19.0 Å². The van der Waals surface area contributed by atoms with Crippen molar-refractivity contribution in [3.63, 3.8) is 0 Å². The summed E-state index contributed by atoms with van der Waals surface area (Å²) in [6.45, 7) is 4.00. The molecular formula is C15H16BrNO3. The Hall–Kier alpha value is -1.46. The van der Waals surface area contributed by atoms with Crippen molar-refractivity contribution in [3.8, 4) is 11.5 Å². The summed E-state index contributed by atoms with van der Waals surface area (Å²) in [5, 5.41) is 3.43. The van der Waals surface area contributed by atoms with Crippen LogP contribution < -0.4 is 14.8 Å². The van der Waals surface area contributed by atoms with Crippen molar-refractivity contribution < 1.29 is 13.9 Å². The molecule has 5 heteroatoms. The number of rotatable bonds is 4. The predicted molar refractivity (Wildman–Crippen MR) is 79.1 cm³/mol. The van der Waals surface area contributed by atoms with E-state index >= 15 is 0 Å². The van der Waals surface area contributed by atoms with Crippen LogP contribution in [-0.4, -0.2) is 13.2 Å². The van der Waals surface area contributed by atoms with E-state index in [1.54, 1.807) is 6.26 Å². The van der Waals surface area contributed by atoms with Gasteiger partial charge in [-0.3, -0.25) is 0 Å². The van der Waals surface area contributed by atoms with Crippen LogP contribution in [0.25, 0.3) is 0 Å². The minimum Gasteiger partial charge on any atom is -0.486 e. The molecule has 1 aromatic heterocycles. The van der Waals surface area contributed by atoms with Gasteiger partial charge >= 0.3 is 0 Å². The van der Waals surface area contributed by atoms with Crippen LogP contribution in [-0.2, 0) is 6.54 Å². The first-order valence-corrected chi connectivity index (χ1v) is 7.38. The third-order valence-corrected chi connectivity index (χ3v) is 3.98. The normalized spacial score (nSPS) is 15.1. The highest BCUT2D eigenvalue weighted by Gasteiger charge is 2.18. The molecule has 106 valence electrons. The summed E-state index contributed by atoms with van der Waals surface area (Å²) < 4.78 is 17.5. The van der Waals surface area contributed by atoms with Gasteiger partial charge in [-0.15, -0.1) is 0 Å². The monoisotopic (exact) mass is 337 g/mol. The number of hydrogen-bond donors (Lipinski definition) is 1. The van der Waals surface area contributed by atoms with Gasteiger partial charge in [-0.25, -0.2) is 0 Å². The predicted octanol–water partition coefficient (Wildman–Crippen LogP) is 3.66. The molecule has 1 aliphatic heterocycles. The molecule has 0 amide bonds. The van der Waals surface area contributed by atoms with E-state index in [-0.39, 0.29) is 6.04 Å².